The van der Waals surface area contributed by atoms with Crippen molar-refractivity contribution in [1.82, 2.24) is 5.32 Å². The van der Waals surface area contributed by atoms with Crippen molar-refractivity contribution in [2.24, 2.45) is 0 Å². The normalized spacial score (nSPS) is 17.9. The van der Waals surface area contributed by atoms with Crippen molar-refractivity contribution in [1.29, 1.82) is 5.26 Å². The maximum Gasteiger partial charge on any atom is 0.0991 e. The fourth-order valence-electron chi connectivity index (χ4n) is 2.78. The van der Waals surface area contributed by atoms with Crippen LogP contribution in [0.2, 0.25) is 0 Å². The van der Waals surface area contributed by atoms with Crippen molar-refractivity contribution in [3.63, 3.8) is 0 Å². The van der Waals surface area contributed by atoms with Gasteiger partial charge in [0.15, 0.2) is 0 Å². The molecular weight excluding hydrogens is 252 g/mol. The minimum absolute atomic E-state index is 0.449. The zero-order valence-electron chi connectivity index (χ0n) is 11.6. The molecule has 1 aromatic rings. The van der Waals surface area contributed by atoms with E-state index in [1.54, 1.807) is 0 Å². The molecule has 0 heterocycles. The van der Waals surface area contributed by atoms with Crippen molar-refractivity contribution in [3.8, 4) is 6.07 Å². The summed E-state index contributed by atoms with van der Waals surface area (Å²) in [7, 11) is 0. The highest BCUT2D eigenvalue weighted by Crippen LogP contribution is 2.37. The van der Waals surface area contributed by atoms with E-state index < -0.39 is 0 Å². The van der Waals surface area contributed by atoms with Gasteiger partial charge in [-0.1, -0.05) is 31.4 Å². The maximum atomic E-state index is 8.77. The second kappa shape index (κ2) is 6.98. The molecule has 0 bridgehead atoms. The van der Waals surface area contributed by atoms with Gasteiger partial charge in [-0.2, -0.15) is 17.0 Å². The van der Waals surface area contributed by atoms with Gasteiger partial charge in [0.25, 0.3) is 0 Å². The summed E-state index contributed by atoms with van der Waals surface area (Å²) >= 11 is 2.03. The zero-order valence-corrected chi connectivity index (χ0v) is 12.4. The van der Waals surface area contributed by atoms with E-state index in [2.05, 4.69) is 17.6 Å². The van der Waals surface area contributed by atoms with Gasteiger partial charge in [-0.3, -0.25) is 0 Å². The molecule has 0 radical (unpaired) electrons. The van der Waals surface area contributed by atoms with Crippen LogP contribution < -0.4 is 5.32 Å². The minimum Gasteiger partial charge on any atom is -0.311 e. The number of hydrogen-bond donors (Lipinski definition) is 1. The number of thioether (sulfide) groups is 1. The summed E-state index contributed by atoms with van der Waals surface area (Å²) in [5.74, 6) is 0. The van der Waals surface area contributed by atoms with Gasteiger partial charge in [-0.05, 0) is 36.8 Å². The van der Waals surface area contributed by atoms with Gasteiger partial charge in [0, 0.05) is 17.8 Å². The first-order chi connectivity index (χ1) is 9.28. The van der Waals surface area contributed by atoms with Crippen LogP contribution in [0.1, 0.15) is 43.2 Å². The van der Waals surface area contributed by atoms with Crippen molar-refractivity contribution in [2.75, 3.05) is 12.8 Å². The van der Waals surface area contributed by atoms with Crippen LogP contribution >= 0.6 is 11.8 Å². The zero-order chi connectivity index (χ0) is 13.6. The lowest BCUT2D eigenvalue weighted by atomic mass is 9.88. The highest BCUT2D eigenvalue weighted by atomic mass is 32.2. The Kier molecular flexibility index (Phi) is 5.30. The van der Waals surface area contributed by atoms with E-state index in [1.807, 2.05) is 36.0 Å². The van der Waals surface area contributed by atoms with Crippen molar-refractivity contribution >= 4 is 11.8 Å². The molecule has 1 N–H and O–H groups in total. The Morgan fingerprint density at radius 3 is 2.47 bits per heavy atom. The van der Waals surface area contributed by atoms with Crippen LogP contribution in [-0.2, 0) is 6.54 Å². The van der Waals surface area contributed by atoms with E-state index >= 15 is 0 Å². The van der Waals surface area contributed by atoms with E-state index in [4.69, 9.17) is 5.26 Å². The minimum atomic E-state index is 0.449. The molecule has 0 atom stereocenters. The van der Waals surface area contributed by atoms with E-state index in [1.165, 1.54) is 37.7 Å². The number of benzene rings is 1. The number of nitriles is 1. The standard InChI is InChI=1S/C16H22N2S/c1-19-16(9-3-2-4-10-16)13-18-12-15-7-5-14(11-17)6-8-15/h5-8,18H,2-4,9-10,12-13H2,1H3. The molecule has 1 aliphatic rings. The van der Waals surface area contributed by atoms with E-state index in [9.17, 15) is 0 Å². The van der Waals surface area contributed by atoms with Gasteiger partial charge in [-0.25, -0.2) is 0 Å². The van der Waals surface area contributed by atoms with Gasteiger partial charge < -0.3 is 5.32 Å². The SMILES string of the molecule is CSC1(CNCc2ccc(C#N)cc2)CCCCC1. The largest absolute Gasteiger partial charge is 0.311 e. The topological polar surface area (TPSA) is 35.8 Å². The highest BCUT2D eigenvalue weighted by molar-refractivity contribution is 8.00. The van der Waals surface area contributed by atoms with Gasteiger partial charge in [0.1, 0.15) is 0 Å². The third kappa shape index (κ3) is 3.99. The monoisotopic (exact) mass is 274 g/mol. The summed E-state index contributed by atoms with van der Waals surface area (Å²) < 4.78 is 0.449. The average molecular weight is 274 g/mol. The van der Waals surface area contributed by atoms with Crippen molar-refractivity contribution in [3.05, 3.63) is 35.4 Å². The number of hydrogen-bond acceptors (Lipinski definition) is 3. The summed E-state index contributed by atoms with van der Waals surface area (Å²) in [5, 5.41) is 12.4. The van der Waals surface area contributed by atoms with Gasteiger partial charge in [-0.15, -0.1) is 0 Å². The molecule has 2 rings (SSSR count). The fourth-order valence-corrected chi connectivity index (χ4v) is 3.72. The second-order valence-electron chi connectivity index (χ2n) is 5.36. The Bertz CT molecular complexity index is 427. The Balaban J connectivity index is 1.83. The predicted molar refractivity (Wildman–Crippen MR) is 82.2 cm³/mol. The molecule has 1 saturated carbocycles. The summed E-state index contributed by atoms with van der Waals surface area (Å²) in [6, 6.07) is 10.0. The first kappa shape index (κ1) is 14.4. The van der Waals surface area contributed by atoms with Gasteiger partial charge >= 0.3 is 0 Å². The molecule has 0 spiro atoms. The molecule has 19 heavy (non-hydrogen) atoms. The quantitative estimate of drug-likeness (QED) is 0.889. The van der Waals surface area contributed by atoms with Crippen LogP contribution in [-0.4, -0.2) is 17.5 Å². The Morgan fingerprint density at radius 2 is 1.89 bits per heavy atom. The lowest BCUT2D eigenvalue weighted by molar-refractivity contribution is 0.379. The van der Waals surface area contributed by atoms with Crippen molar-refractivity contribution in [2.45, 2.75) is 43.4 Å². The molecule has 1 aliphatic carbocycles. The second-order valence-corrected chi connectivity index (χ2v) is 6.63. The van der Waals surface area contributed by atoms with Crippen LogP contribution in [0.15, 0.2) is 24.3 Å². The molecule has 0 saturated heterocycles. The first-order valence-electron chi connectivity index (χ1n) is 7.03. The Hall–Kier alpha value is -0.980. The van der Waals surface area contributed by atoms with E-state index in [0.717, 1.165) is 18.7 Å². The number of nitrogens with one attached hydrogen (secondary N) is 1. The molecule has 0 amide bonds. The molecule has 0 aliphatic heterocycles. The third-order valence-corrected chi connectivity index (χ3v) is 5.48. The Labute approximate surface area is 120 Å². The smallest absolute Gasteiger partial charge is 0.0991 e. The average Bonchev–Trinajstić information content (AvgIpc) is 2.49. The summed E-state index contributed by atoms with van der Waals surface area (Å²) in [6.07, 6.45) is 9.08. The summed E-state index contributed by atoms with van der Waals surface area (Å²) in [5.41, 5.74) is 1.99. The molecule has 102 valence electrons. The van der Waals surface area contributed by atoms with Crippen LogP contribution in [0.4, 0.5) is 0 Å². The van der Waals surface area contributed by atoms with Crippen LogP contribution in [0, 0.1) is 11.3 Å². The van der Waals surface area contributed by atoms with Crippen LogP contribution in [0.3, 0.4) is 0 Å². The van der Waals surface area contributed by atoms with Gasteiger partial charge in [0.2, 0.25) is 0 Å². The van der Waals surface area contributed by atoms with E-state index in [-0.39, 0.29) is 0 Å². The van der Waals surface area contributed by atoms with Gasteiger partial charge in [0.05, 0.1) is 11.6 Å². The molecule has 0 unspecified atom stereocenters. The highest BCUT2D eigenvalue weighted by Gasteiger charge is 2.30. The third-order valence-electron chi connectivity index (χ3n) is 4.06. The summed E-state index contributed by atoms with van der Waals surface area (Å²) in [4.78, 5) is 0. The maximum absolute atomic E-state index is 8.77. The van der Waals surface area contributed by atoms with Crippen LogP contribution in [0.5, 0.6) is 0 Å². The molecule has 2 nitrogen and oxygen atoms in total. The first-order valence-corrected chi connectivity index (χ1v) is 8.25. The lowest BCUT2D eigenvalue weighted by Gasteiger charge is -2.36. The van der Waals surface area contributed by atoms with E-state index in [0.29, 0.717) is 4.75 Å². The Morgan fingerprint density at radius 1 is 1.21 bits per heavy atom. The molecule has 1 aromatic carbocycles. The molecule has 0 aromatic heterocycles. The van der Waals surface area contributed by atoms with Crippen molar-refractivity contribution < 1.29 is 0 Å². The number of nitrogens with zero attached hydrogens (tertiary/aromatic N) is 1. The molecular formula is C16H22N2S. The van der Waals surface area contributed by atoms with Crippen LogP contribution in [0.25, 0.3) is 0 Å². The number of rotatable bonds is 5. The summed E-state index contributed by atoms with van der Waals surface area (Å²) in [6.45, 7) is 1.99. The lowest BCUT2D eigenvalue weighted by Crippen LogP contribution is -2.39. The molecule has 3 heteroatoms. The predicted octanol–water partition coefficient (Wildman–Crippen LogP) is 3.71. The molecule has 1 fully saturated rings. The fraction of sp³-hybridized carbons (Fsp3) is 0.562.